The molecule has 0 spiro atoms. The van der Waals surface area contributed by atoms with Gasteiger partial charge in [-0.15, -0.1) is 0 Å². The van der Waals surface area contributed by atoms with Crippen molar-refractivity contribution in [1.82, 2.24) is 14.9 Å². The van der Waals surface area contributed by atoms with Crippen LogP contribution in [-0.2, 0) is 17.5 Å². The van der Waals surface area contributed by atoms with Crippen LogP contribution in [0.1, 0.15) is 22.3 Å². The number of nitrogens with zero attached hydrogens (tertiary/aromatic N) is 3. The lowest BCUT2D eigenvalue weighted by Crippen LogP contribution is -2.33. The lowest BCUT2D eigenvalue weighted by molar-refractivity contribution is -0.138. The molecule has 0 unspecified atom stereocenters. The van der Waals surface area contributed by atoms with Gasteiger partial charge in [0.05, 0.1) is 16.8 Å². The summed E-state index contributed by atoms with van der Waals surface area (Å²) >= 11 is 0. The Morgan fingerprint density at radius 1 is 1.20 bits per heavy atom. The fraction of sp³-hybridized carbons (Fsp3) is 0.167. The van der Waals surface area contributed by atoms with Crippen molar-refractivity contribution in [1.29, 1.82) is 5.41 Å². The van der Waals surface area contributed by atoms with Gasteiger partial charge in [-0.05, 0) is 29.8 Å². The molecule has 3 rings (SSSR count). The van der Waals surface area contributed by atoms with Gasteiger partial charge in [-0.2, -0.15) is 13.2 Å². The molecule has 1 aromatic heterocycles. The van der Waals surface area contributed by atoms with E-state index in [2.05, 4.69) is 21.9 Å². The minimum Gasteiger partial charge on any atom is -0.507 e. The number of hydrogen-bond donors (Lipinski definition) is 4. The zero-order valence-electron chi connectivity index (χ0n) is 18.5. The molecule has 1 amide bonds. The normalized spacial score (nSPS) is 11.1. The van der Waals surface area contributed by atoms with E-state index in [9.17, 15) is 23.1 Å². The summed E-state index contributed by atoms with van der Waals surface area (Å²) in [6, 6.07) is 12.1. The van der Waals surface area contributed by atoms with Crippen LogP contribution in [0.25, 0.3) is 0 Å². The third-order valence-electron chi connectivity index (χ3n) is 5.09. The first-order chi connectivity index (χ1) is 16.6. The van der Waals surface area contributed by atoms with Crippen molar-refractivity contribution >= 4 is 23.3 Å². The molecule has 3 aromatic rings. The van der Waals surface area contributed by atoms with Gasteiger partial charge in [0.1, 0.15) is 23.7 Å². The number of nitrogen functional groups attached to an aromatic ring is 1. The maximum atomic E-state index is 13.2. The van der Waals surface area contributed by atoms with Gasteiger partial charge >= 0.3 is 6.18 Å². The van der Waals surface area contributed by atoms with E-state index in [1.54, 1.807) is 4.90 Å². The Morgan fingerprint density at radius 2 is 1.91 bits per heavy atom. The highest BCUT2D eigenvalue weighted by Crippen LogP contribution is 2.36. The number of anilines is 2. The number of amides is 1. The van der Waals surface area contributed by atoms with Crippen LogP contribution < -0.4 is 11.1 Å². The minimum atomic E-state index is -4.81. The number of carbonyl (C=O) groups is 1. The van der Waals surface area contributed by atoms with Crippen molar-refractivity contribution in [2.24, 2.45) is 0 Å². The van der Waals surface area contributed by atoms with Gasteiger partial charge in [-0.3, -0.25) is 10.2 Å². The standard InChI is InChI=1S/C24H23F3N6O2/c1-2-19(35)33(13-15-6-4-3-5-7-15)11-10-30-23-20(22(29)31-14-32-23)21(28)16-8-9-18(34)17(12-16)24(25,26)27/h2-9,12,14,28,34H,1,10-11,13H2,(H3,29,30,31,32). The van der Waals surface area contributed by atoms with Crippen LogP contribution in [-0.4, -0.2) is 44.7 Å². The fourth-order valence-corrected chi connectivity index (χ4v) is 3.35. The van der Waals surface area contributed by atoms with Crippen LogP contribution in [0.4, 0.5) is 24.8 Å². The van der Waals surface area contributed by atoms with Crippen molar-refractivity contribution in [3.8, 4) is 5.75 Å². The lowest BCUT2D eigenvalue weighted by atomic mass is 10.00. The Morgan fingerprint density at radius 3 is 2.57 bits per heavy atom. The molecule has 0 saturated heterocycles. The second-order valence-electron chi connectivity index (χ2n) is 7.46. The summed E-state index contributed by atoms with van der Waals surface area (Å²) in [6.07, 6.45) is -2.45. The number of halogens is 3. The van der Waals surface area contributed by atoms with Crippen LogP contribution in [0.15, 0.2) is 67.5 Å². The summed E-state index contributed by atoms with van der Waals surface area (Å²) in [4.78, 5) is 21.8. The molecule has 0 aliphatic rings. The van der Waals surface area contributed by atoms with Gasteiger partial charge in [0.25, 0.3) is 0 Å². The molecule has 8 nitrogen and oxygen atoms in total. The summed E-state index contributed by atoms with van der Waals surface area (Å²) in [6.45, 7) is 4.32. The summed E-state index contributed by atoms with van der Waals surface area (Å²) in [5, 5.41) is 21.0. The fourth-order valence-electron chi connectivity index (χ4n) is 3.35. The second kappa shape index (κ2) is 10.7. The molecule has 5 N–H and O–H groups in total. The van der Waals surface area contributed by atoms with Crippen molar-refractivity contribution in [2.45, 2.75) is 12.7 Å². The smallest absolute Gasteiger partial charge is 0.419 e. The predicted molar refractivity (Wildman–Crippen MR) is 126 cm³/mol. The molecular weight excluding hydrogens is 461 g/mol. The lowest BCUT2D eigenvalue weighted by Gasteiger charge is -2.22. The monoisotopic (exact) mass is 484 g/mol. The third kappa shape index (κ3) is 6.14. The van der Waals surface area contributed by atoms with Gasteiger partial charge in [0.2, 0.25) is 5.91 Å². The minimum absolute atomic E-state index is 0.00373. The average Bonchev–Trinajstić information content (AvgIpc) is 2.83. The first-order valence-corrected chi connectivity index (χ1v) is 10.4. The van der Waals surface area contributed by atoms with Crippen molar-refractivity contribution in [3.63, 3.8) is 0 Å². The van der Waals surface area contributed by atoms with E-state index in [1.807, 2.05) is 30.3 Å². The van der Waals surface area contributed by atoms with Gasteiger partial charge in [-0.1, -0.05) is 36.9 Å². The molecule has 0 radical (unpaired) electrons. The first-order valence-electron chi connectivity index (χ1n) is 10.4. The van der Waals surface area contributed by atoms with E-state index in [0.29, 0.717) is 12.6 Å². The summed E-state index contributed by atoms with van der Waals surface area (Å²) in [7, 11) is 0. The Kier molecular flexibility index (Phi) is 7.69. The molecule has 0 saturated carbocycles. The molecule has 1 heterocycles. The Balaban J connectivity index is 1.81. The third-order valence-corrected chi connectivity index (χ3v) is 5.09. The number of aromatic nitrogens is 2. The van der Waals surface area contributed by atoms with E-state index in [4.69, 9.17) is 11.1 Å². The van der Waals surface area contributed by atoms with Crippen molar-refractivity contribution in [3.05, 3.63) is 89.8 Å². The quantitative estimate of drug-likeness (QED) is 0.270. The van der Waals surface area contributed by atoms with Crippen molar-refractivity contribution in [2.75, 3.05) is 24.1 Å². The number of nitrogens with one attached hydrogen (secondary N) is 2. The van der Waals surface area contributed by atoms with E-state index in [0.717, 1.165) is 18.0 Å². The zero-order valence-corrected chi connectivity index (χ0v) is 18.5. The van der Waals surface area contributed by atoms with E-state index >= 15 is 0 Å². The topological polar surface area (TPSA) is 128 Å². The van der Waals surface area contributed by atoms with Crippen molar-refractivity contribution < 1.29 is 23.1 Å². The molecular formula is C24H23F3N6O2. The summed E-state index contributed by atoms with van der Waals surface area (Å²) < 4.78 is 39.6. The Labute approximate surface area is 199 Å². The number of carbonyl (C=O) groups excluding carboxylic acids is 1. The number of phenols is 1. The zero-order chi connectivity index (χ0) is 25.6. The number of aromatic hydroxyl groups is 1. The van der Waals surface area contributed by atoms with Crippen LogP contribution in [0.5, 0.6) is 5.75 Å². The van der Waals surface area contributed by atoms with E-state index < -0.39 is 17.5 Å². The summed E-state index contributed by atoms with van der Waals surface area (Å²) in [5.74, 6) is -1.23. The maximum Gasteiger partial charge on any atom is 0.419 e. The molecule has 0 fully saturated rings. The van der Waals surface area contributed by atoms with Gasteiger partial charge in [0.15, 0.2) is 0 Å². The van der Waals surface area contributed by atoms with Gasteiger partial charge in [0, 0.05) is 25.2 Å². The number of rotatable bonds is 9. The SMILES string of the molecule is C=CC(=O)N(CCNc1ncnc(N)c1C(=N)c1ccc(O)c(C(F)(F)F)c1)Cc1ccccc1. The van der Waals surface area contributed by atoms with Gasteiger partial charge < -0.3 is 21.1 Å². The molecule has 35 heavy (non-hydrogen) atoms. The predicted octanol–water partition coefficient (Wildman–Crippen LogP) is 3.83. The largest absolute Gasteiger partial charge is 0.507 e. The van der Waals surface area contributed by atoms with Crippen LogP contribution >= 0.6 is 0 Å². The van der Waals surface area contributed by atoms with Gasteiger partial charge in [-0.25, -0.2) is 9.97 Å². The highest BCUT2D eigenvalue weighted by molar-refractivity contribution is 6.16. The number of phenolic OH excluding ortho intramolecular Hbond substituents is 1. The molecule has 0 aliphatic carbocycles. The number of hydrogen-bond acceptors (Lipinski definition) is 7. The van der Waals surface area contributed by atoms with E-state index in [-0.39, 0.29) is 47.5 Å². The van der Waals surface area contributed by atoms with Crippen LogP contribution in [0.2, 0.25) is 0 Å². The molecule has 0 bridgehead atoms. The number of benzene rings is 2. The molecule has 182 valence electrons. The number of alkyl halides is 3. The maximum absolute atomic E-state index is 13.2. The molecule has 0 aliphatic heterocycles. The second-order valence-corrected chi connectivity index (χ2v) is 7.46. The van der Waals surface area contributed by atoms with Crippen LogP contribution in [0, 0.1) is 5.41 Å². The first kappa shape index (κ1) is 25.2. The molecule has 11 heteroatoms. The summed E-state index contributed by atoms with van der Waals surface area (Å²) in [5.41, 5.74) is 5.08. The van der Waals surface area contributed by atoms with Crippen LogP contribution in [0.3, 0.4) is 0 Å². The average molecular weight is 484 g/mol. The highest BCUT2D eigenvalue weighted by atomic mass is 19.4. The Bertz CT molecular complexity index is 1230. The molecule has 0 atom stereocenters. The Hall–Kier alpha value is -4.41. The number of nitrogens with two attached hydrogens (primary N) is 1. The van der Waals surface area contributed by atoms with E-state index in [1.165, 1.54) is 12.1 Å². The highest BCUT2D eigenvalue weighted by Gasteiger charge is 2.34. The molecule has 2 aromatic carbocycles.